The molecular formula is C19H19FN2O4. The Morgan fingerprint density at radius 2 is 1.69 bits per heavy atom. The number of nitrogens with one attached hydrogen (secondary N) is 2. The number of amides is 3. The molecule has 0 aliphatic heterocycles. The molecule has 2 aromatic carbocycles. The van der Waals surface area contributed by atoms with Crippen LogP contribution in [-0.2, 0) is 20.7 Å². The number of hydrogen-bond donors (Lipinski definition) is 2. The molecule has 0 heterocycles. The Balaban J connectivity index is 2.13. The fraction of sp³-hybridized carbons (Fsp3) is 0.211. The lowest BCUT2D eigenvalue weighted by Crippen LogP contribution is -2.42. The van der Waals surface area contributed by atoms with Gasteiger partial charge in [-0.25, -0.2) is 9.18 Å². The van der Waals surface area contributed by atoms with Gasteiger partial charge in [0, 0.05) is 12.1 Å². The minimum absolute atomic E-state index is 0.161. The van der Waals surface area contributed by atoms with Gasteiger partial charge in [0.05, 0.1) is 6.42 Å². The first-order valence-electron chi connectivity index (χ1n) is 8.07. The van der Waals surface area contributed by atoms with Crippen molar-refractivity contribution in [2.45, 2.75) is 19.4 Å². The predicted octanol–water partition coefficient (Wildman–Crippen LogP) is 2.50. The SMILES string of the molecule is CCNC(=O)NC(=O)[C@@H](OC(=O)Cc1ccccc1F)c1ccccc1. The molecule has 0 radical (unpaired) electrons. The van der Waals surface area contributed by atoms with Crippen LogP contribution in [0.3, 0.4) is 0 Å². The number of carbonyl (C=O) groups is 3. The molecule has 0 aliphatic rings. The second-order valence-electron chi connectivity index (χ2n) is 5.40. The van der Waals surface area contributed by atoms with Crippen LogP contribution in [0.2, 0.25) is 0 Å². The molecule has 0 saturated heterocycles. The number of rotatable bonds is 6. The average molecular weight is 358 g/mol. The van der Waals surface area contributed by atoms with E-state index in [9.17, 15) is 18.8 Å². The maximum Gasteiger partial charge on any atom is 0.321 e. The van der Waals surface area contributed by atoms with Crippen LogP contribution >= 0.6 is 0 Å². The van der Waals surface area contributed by atoms with Crippen molar-refractivity contribution in [1.82, 2.24) is 10.6 Å². The molecular weight excluding hydrogens is 339 g/mol. The van der Waals surface area contributed by atoms with E-state index >= 15 is 0 Å². The van der Waals surface area contributed by atoms with Gasteiger partial charge in [0.1, 0.15) is 5.82 Å². The summed E-state index contributed by atoms with van der Waals surface area (Å²) in [6.45, 7) is 2.04. The van der Waals surface area contributed by atoms with E-state index in [0.717, 1.165) is 0 Å². The van der Waals surface area contributed by atoms with Crippen LogP contribution in [0.25, 0.3) is 0 Å². The van der Waals surface area contributed by atoms with Gasteiger partial charge < -0.3 is 10.1 Å². The maximum absolute atomic E-state index is 13.7. The second-order valence-corrected chi connectivity index (χ2v) is 5.40. The molecule has 0 aromatic heterocycles. The Morgan fingerprint density at radius 3 is 2.35 bits per heavy atom. The van der Waals surface area contributed by atoms with Crippen molar-refractivity contribution < 1.29 is 23.5 Å². The number of esters is 1. The van der Waals surface area contributed by atoms with Crippen molar-refractivity contribution in [3.63, 3.8) is 0 Å². The van der Waals surface area contributed by atoms with E-state index in [1.54, 1.807) is 43.3 Å². The lowest BCUT2D eigenvalue weighted by molar-refractivity contribution is -0.155. The Kier molecular flexibility index (Phi) is 6.84. The Labute approximate surface area is 150 Å². The molecule has 3 amide bonds. The molecule has 2 aromatic rings. The third kappa shape index (κ3) is 5.41. The van der Waals surface area contributed by atoms with E-state index in [-0.39, 0.29) is 12.0 Å². The highest BCUT2D eigenvalue weighted by molar-refractivity contribution is 5.97. The molecule has 26 heavy (non-hydrogen) atoms. The number of imide groups is 1. The van der Waals surface area contributed by atoms with Crippen molar-refractivity contribution in [3.05, 3.63) is 71.5 Å². The van der Waals surface area contributed by atoms with Gasteiger partial charge in [-0.2, -0.15) is 0 Å². The van der Waals surface area contributed by atoms with Gasteiger partial charge in [-0.1, -0.05) is 48.5 Å². The summed E-state index contributed by atoms with van der Waals surface area (Å²) in [6, 6.07) is 13.4. The zero-order valence-electron chi connectivity index (χ0n) is 14.2. The van der Waals surface area contributed by atoms with Gasteiger partial charge in [-0.15, -0.1) is 0 Å². The van der Waals surface area contributed by atoms with Crippen molar-refractivity contribution >= 4 is 17.9 Å². The summed E-state index contributed by atoms with van der Waals surface area (Å²) in [5.74, 6) is -2.11. The topological polar surface area (TPSA) is 84.5 Å². The van der Waals surface area contributed by atoms with E-state index < -0.39 is 29.8 Å². The summed E-state index contributed by atoms with van der Waals surface area (Å²) in [7, 11) is 0. The minimum atomic E-state index is -1.32. The second kappa shape index (κ2) is 9.31. The van der Waals surface area contributed by atoms with Crippen molar-refractivity contribution in [1.29, 1.82) is 0 Å². The summed E-state index contributed by atoms with van der Waals surface area (Å²) < 4.78 is 18.9. The Hall–Kier alpha value is -3.22. The van der Waals surface area contributed by atoms with E-state index in [1.807, 2.05) is 0 Å². The first kappa shape index (κ1) is 19.1. The normalized spacial score (nSPS) is 11.3. The molecule has 1 atom stereocenters. The number of halogens is 1. The number of urea groups is 1. The molecule has 0 spiro atoms. The number of hydrogen-bond acceptors (Lipinski definition) is 4. The molecule has 0 fully saturated rings. The predicted molar refractivity (Wildman–Crippen MR) is 92.6 cm³/mol. The highest BCUT2D eigenvalue weighted by atomic mass is 19.1. The summed E-state index contributed by atoms with van der Waals surface area (Å²) in [5, 5.41) is 4.54. The summed E-state index contributed by atoms with van der Waals surface area (Å²) >= 11 is 0. The quantitative estimate of drug-likeness (QED) is 0.777. The van der Waals surface area contributed by atoms with Crippen LogP contribution in [0.5, 0.6) is 0 Å². The molecule has 2 rings (SSSR count). The maximum atomic E-state index is 13.7. The molecule has 0 aliphatic carbocycles. The standard InChI is InChI=1S/C19H19FN2O4/c1-2-21-19(25)22-18(24)17(13-8-4-3-5-9-13)26-16(23)12-14-10-6-7-11-15(14)20/h3-11,17H,2,12H2,1H3,(H2,21,22,24,25)/t17-/m0/s1. The van der Waals surface area contributed by atoms with Gasteiger partial charge in [0.2, 0.25) is 6.10 Å². The summed E-state index contributed by atoms with van der Waals surface area (Å²) in [6.07, 6.45) is -1.65. The van der Waals surface area contributed by atoms with Gasteiger partial charge in [0.15, 0.2) is 0 Å². The fourth-order valence-electron chi connectivity index (χ4n) is 2.25. The van der Waals surface area contributed by atoms with E-state index in [1.165, 1.54) is 18.2 Å². The van der Waals surface area contributed by atoms with Crippen LogP contribution in [0.1, 0.15) is 24.2 Å². The van der Waals surface area contributed by atoms with Gasteiger partial charge in [-0.3, -0.25) is 14.9 Å². The average Bonchev–Trinajstić information content (AvgIpc) is 2.62. The van der Waals surface area contributed by atoms with Crippen molar-refractivity contribution in [2.24, 2.45) is 0 Å². The van der Waals surface area contributed by atoms with E-state index in [4.69, 9.17) is 4.74 Å². The molecule has 6 nitrogen and oxygen atoms in total. The molecule has 0 bridgehead atoms. The highest BCUT2D eigenvalue weighted by Crippen LogP contribution is 2.19. The molecule has 7 heteroatoms. The van der Waals surface area contributed by atoms with Crippen molar-refractivity contribution in [2.75, 3.05) is 6.54 Å². The first-order valence-corrected chi connectivity index (χ1v) is 8.07. The monoisotopic (exact) mass is 358 g/mol. The van der Waals surface area contributed by atoms with Crippen LogP contribution in [0.15, 0.2) is 54.6 Å². The zero-order valence-corrected chi connectivity index (χ0v) is 14.2. The van der Waals surface area contributed by atoms with E-state index in [2.05, 4.69) is 10.6 Å². The largest absolute Gasteiger partial charge is 0.447 e. The minimum Gasteiger partial charge on any atom is -0.447 e. The first-order chi connectivity index (χ1) is 12.5. The lowest BCUT2D eigenvalue weighted by Gasteiger charge is -2.18. The third-order valence-corrected chi connectivity index (χ3v) is 3.46. The Morgan fingerprint density at radius 1 is 1.04 bits per heavy atom. The Bertz CT molecular complexity index is 780. The smallest absolute Gasteiger partial charge is 0.321 e. The van der Waals surface area contributed by atoms with Crippen LogP contribution in [0, 0.1) is 5.82 Å². The molecule has 0 unspecified atom stereocenters. The highest BCUT2D eigenvalue weighted by Gasteiger charge is 2.26. The van der Waals surface area contributed by atoms with Crippen LogP contribution in [0.4, 0.5) is 9.18 Å². The number of benzene rings is 2. The van der Waals surface area contributed by atoms with E-state index in [0.29, 0.717) is 12.1 Å². The number of ether oxygens (including phenoxy) is 1. The third-order valence-electron chi connectivity index (χ3n) is 3.46. The van der Waals surface area contributed by atoms with Crippen LogP contribution in [-0.4, -0.2) is 24.5 Å². The lowest BCUT2D eigenvalue weighted by atomic mass is 10.1. The molecule has 2 N–H and O–H groups in total. The molecule has 0 saturated carbocycles. The zero-order chi connectivity index (χ0) is 18.9. The molecule has 136 valence electrons. The summed E-state index contributed by atoms with van der Waals surface area (Å²) in [5.41, 5.74) is 0.560. The number of carbonyl (C=O) groups excluding carboxylic acids is 3. The van der Waals surface area contributed by atoms with Gasteiger partial charge in [0.25, 0.3) is 5.91 Å². The van der Waals surface area contributed by atoms with Gasteiger partial charge >= 0.3 is 12.0 Å². The van der Waals surface area contributed by atoms with Crippen molar-refractivity contribution in [3.8, 4) is 0 Å². The fourth-order valence-corrected chi connectivity index (χ4v) is 2.25. The van der Waals surface area contributed by atoms with Gasteiger partial charge in [-0.05, 0) is 18.6 Å². The summed E-state index contributed by atoms with van der Waals surface area (Å²) in [4.78, 5) is 36.1. The van der Waals surface area contributed by atoms with Crippen LogP contribution < -0.4 is 10.6 Å².